The van der Waals surface area contributed by atoms with Gasteiger partial charge in [-0.1, -0.05) is 52.8 Å². The van der Waals surface area contributed by atoms with E-state index in [1.165, 1.54) is 19.8 Å². The van der Waals surface area contributed by atoms with Crippen LogP contribution in [0.2, 0.25) is 0 Å². The lowest BCUT2D eigenvalue weighted by Gasteiger charge is -2.04. The van der Waals surface area contributed by atoms with Gasteiger partial charge in [0, 0.05) is 17.2 Å². The third kappa shape index (κ3) is 23.9. The van der Waals surface area contributed by atoms with Crippen LogP contribution < -0.4 is 0 Å². The Morgan fingerprint density at radius 1 is 1.00 bits per heavy atom. The number of ether oxygens (including phenoxy) is 2. The number of carbonyl (C=O) groups excluding carboxylic acids is 2. The van der Waals surface area contributed by atoms with E-state index in [9.17, 15) is 14.4 Å². The van der Waals surface area contributed by atoms with E-state index in [1.54, 1.807) is 6.92 Å². The molecular weight excluding hydrogens is 336 g/mol. The molecule has 1 N–H and O–H groups in total. The zero-order valence-electron chi connectivity index (χ0n) is 16.6. The van der Waals surface area contributed by atoms with Crippen LogP contribution in [0.3, 0.4) is 0 Å². The third-order valence-corrected chi connectivity index (χ3v) is 2.76. The van der Waals surface area contributed by atoms with E-state index in [-0.39, 0.29) is 17.5 Å². The van der Waals surface area contributed by atoms with E-state index in [0.29, 0.717) is 25.2 Å². The zero-order chi connectivity index (χ0) is 21.0. The van der Waals surface area contributed by atoms with Crippen LogP contribution >= 0.6 is 0 Å². The van der Waals surface area contributed by atoms with Gasteiger partial charge < -0.3 is 14.6 Å². The summed E-state index contributed by atoms with van der Waals surface area (Å²) in [7, 11) is 0. The molecule has 0 atom stereocenters. The Morgan fingerprint density at radius 3 is 1.85 bits per heavy atom. The summed E-state index contributed by atoms with van der Waals surface area (Å²) in [5.74, 6) is -1.53. The van der Waals surface area contributed by atoms with Crippen molar-refractivity contribution in [3.05, 3.63) is 37.0 Å². The van der Waals surface area contributed by atoms with Crippen molar-refractivity contribution < 1.29 is 29.0 Å². The van der Waals surface area contributed by atoms with Gasteiger partial charge in [-0.3, -0.25) is 0 Å². The average Bonchev–Trinajstić information content (AvgIpc) is 2.61. The zero-order valence-corrected chi connectivity index (χ0v) is 16.6. The van der Waals surface area contributed by atoms with Crippen LogP contribution in [-0.2, 0) is 23.9 Å². The first-order valence-electron chi connectivity index (χ1n) is 8.70. The second-order valence-corrected chi connectivity index (χ2v) is 5.20. The molecule has 6 heteroatoms. The maximum absolute atomic E-state index is 11.1. The molecule has 0 aromatic carbocycles. The summed E-state index contributed by atoms with van der Waals surface area (Å²) in [4.78, 5) is 30.8. The standard InChI is InChI=1S/C11H20O2.C5H8O2.C4H6O2/c1-4-6-7-8-9-13-11(12)10(3)5-2;1-3-5(6)7-4-2;1-3(2)4(5)6/h3-9H2,1-2H3;3H,1,4H2,2H3;1H2,2H3,(H,5,6). The van der Waals surface area contributed by atoms with Crippen LogP contribution in [0, 0.1) is 0 Å². The first-order chi connectivity index (χ1) is 12.2. The van der Waals surface area contributed by atoms with Crippen molar-refractivity contribution in [3.63, 3.8) is 0 Å². The molecule has 26 heavy (non-hydrogen) atoms. The molecule has 0 bridgehead atoms. The highest BCUT2D eigenvalue weighted by molar-refractivity contribution is 5.87. The van der Waals surface area contributed by atoms with Crippen LogP contribution in [0.5, 0.6) is 0 Å². The van der Waals surface area contributed by atoms with Gasteiger partial charge in [0.05, 0.1) is 13.2 Å². The number of carboxylic acids is 1. The van der Waals surface area contributed by atoms with Gasteiger partial charge in [-0.2, -0.15) is 0 Å². The van der Waals surface area contributed by atoms with E-state index in [0.717, 1.165) is 18.9 Å². The highest BCUT2D eigenvalue weighted by Gasteiger charge is 2.04. The first-order valence-corrected chi connectivity index (χ1v) is 8.70. The van der Waals surface area contributed by atoms with E-state index >= 15 is 0 Å². The van der Waals surface area contributed by atoms with Crippen molar-refractivity contribution >= 4 is 17.9 Å². The summed E-state index contributed by atoms with van der Waals surface area (Å²) in [6, 6.07) is 0. The van der Waals surface area contributed by atoms with Gasteiger partial charge in [-0.25, -0.2) is 14.4 Å². The summed E-state index contributed by atoms with van der Waals surface area (Å²) in [6.07, 6.45) is 6.35. The maximum atomic E-state index is 11.1. The van der Waals surface area contributed by atoms with Crippen molar-refractivity contribution in [1.29, 1.82) is 0 Å². The number of carboxylic acid groups (broad SMARTS) is 1. The predicted molar refractivity (Wildman–Crippen MR) is 104 cm³/mol. The van der Waals surface area contributed by atoms with Gasteiger partial charge in [0.15, 0.2) is 0 Å². The van der Waals surface area contributed by atoms with Crippen molar-refractivity contribution in [2.75, 3.05) is 13.2 Å². The van der Waals surface area contributed by atoms with E-state index in [1.807, 2.05) is 6.92 Å². The minimum Gasteiger partial charge on any atom is -0.478 e. The number of unbranched alkanes of at least 4 members (excludes halogenated alkanes) is 3. The molecule has 0 amide bonds. The second-order valence-electron chi connectivity index (χ2n) is 5.20. The Labute approximate surface area is 157 Å². The Morgan fingerprint density at radius 2 is 1.54 bits per heavy atom. The molecule has 0 aliphatic carbocycles. The van der Waals surface area contributed by atoms with Crippen LogP contribution in [0.1, 0.15) is 59.8 Å². The lowest BCUT2D eigenvalue weighted by Crippen LogP contribution is -2.07. The Balaban J connectivity index is -0.000000342. The summed E-state index contributed by atoms with van der Waals surface area (Å²) >= 11 is 0. The first kappa shape index (κ1) is 28.4. The number of hydrogen-bond acceptors (Lipinski definition) is 5. The smallest absolute Gasteiger partial charge is 0.333 e. The van der Waals surface area contributed by atoms with Crippen LogP contribution in [0.25, 0.3) is 0 Å². The highest BCUT2D eigenvalue weighted by Crippen LogP contribution is 2.03. The quantitative estimate of drug-likeness (QED) is 0.347. The van der Waals surface area contributed by atoms with Gasteiger partial charge in [-0.15, -0.1) is 0 Å². The predicted octanol–water partition coefficient (Wildman–Crippen LogP) is 4.46. The monoisotopic (exact) mass is 370 g/mol. The highest BCUT2D eigenvalue weighted by atomic mass is 16.5. The summed E-state index contributed by atoms with van der Waals surface area (Å²) in [5, 5.41) is 7.89. The molecule has 0 radical (unpaired) electrons. The molecule has 0 aromatic rings. The summed E-state index contributed by atoms with van der Waals surface area (Å²) in [6.45, 7) is 18.2. The molecule has 0 aromatic heterocycles. The summed E-state index contributed by atoms with van der Waals surface area (Å²) < 4.78 is 9.44. The van der Waals surface area contributed by atoms with Crippen molar-refractivity contribution in [3.8, 4) is 0 Å². The Kier molecular flexibility index (Phi) is 22.6. The van der Waals surface area contributed by atoms with Gasteiger partial charge in [-0.05, 0) is 26.7 Å². The largest absolute Gasteiger partial charge is 0.478 e. The average molecular weight is 370 g/mol. The van der Waals surface area contributed by atoms with Crippen LogP contribution in [0.4, 0.5) is 0 Å². The minimum atomic E-state index is -0.935. The maximum Gasteiger partial charge on any atom is 0.333 e. The molecule has 0 spiro atoms. The van der Waals surface area contributed by atoms with E-state index in [2.05, 4.69) is 31.4 Å². The van der Waals surface area contributed by atoms with Crippen molar-refractivity contribution in [2.45, 2.75) is 59.8 Å². The number of hydrogen-bond donors (Lipinski definition) is 1. The van der Waals surface area contributed by atoms with Crippen LogP contribution in [0.15, 0.2) is 37.0 Å². The molecule has 0 saturated heterocycles. The molecule has 0 aliphatic rings. The lowest BCUT2D eigenvalue weighted by molar-refractivity contribution is -0.139. The fourth-order valence-corrected chi connectivity index (χ4v) is 1.14. The topological polar surface area (TPSA) is 89.9 Å². The van der Waals surface area contributed by atoms with Crippen LogP contribution in [-0.4, -0.2) is 36.2 Å². The molecule has 0 saturated carbocycles. The number of carbonyl (C=O) groups is 3. The number of rotatable bonds is 10. The number of esters is 2. The molecule has 0 aliphatic heterocycles. The Hall–Kier alpha value is -2.37. The number of aliphatic carboxylic acids is 1. The molecule has 150 valence electrons. The SMILES string of the molecule is C=C(C)C(=O)O.C=C(CC)C(=O)OCCCCCC.C=CC(=O)OCC. The normalized spacial score (nSPS) is 8.62. The fraction of sp³-hybridized carbons (Fsp3) is 0.550. The molecule has 6 nitrogen and oxygen atoms in total. The fourth-order valence-electron chi connectivity index (χ4n) is 1.14. The molecule has 0 rings (SSSR count). The van der Waals surface area contributed by atoms with E-state index < -0.39 is 5.97 Å². The van der Waals surface area contributed by atoms with Crippen molar-refractivity contribution in [1.82, 2.24) is 0 Å². The summed E-state index contributed by atoms with van der Waals surface area (Å²) in [5.41, 5.74) is 0.741. The van der Waals surface area contributed by atoms with Gasteiger partial charge in [0.25, 0.3) is 0 Å². The third-order valence-electron chi connectivity index (χ3n) is 2.76. The molecular formula is C20H34O6. The molecule has 0 heterocycles. The second kappa shape index (κ2) is 20.7. The van der Waals surface area contributed by atoms with Crippen molar-refractivity contribution in [2.24, 2.45) is 0 Å². The minimum absolute atomic E-state index is 0.176. The van der Waals surface area contributed by atoms with Gasteiger partial charge >= 0.3 is 17.9 Å². The Bertz CT molecular complexity index is 439. The van der Waals surface area contributed by atoms with Gasteiger partial charge in [0.2, 0.25) is 0 Å². The lowest BCUT2D eigenvalue weighted by atomic mass is 10.2. The molecule has 0 fully saturated rings. The van der Waals surface area contributed by atoms with E-state index in [4.69, 9.17) is 9.84 Å². The molecule has 0 unspecified atom stereocenters. The van der Waals surface area contributed by atoms with Gasteiger partial charge in [0.1, 0.15) is 0 Å².